The van der Waals surface area contributed by atoms with Crippen molar-refractivity contribution in [1.82, 2.24) is 15.3 Å². The third kappa shape index (κ3) is 4.39. The van der Waals surface area contributed by atoms with Gasteiger partial charge in [-0.2, -0.15) is 0 Å². The molecule has 0 unspecified atom stereocenters. The molecule has 0 bridgehead atoms. The van der Waals surface area contributed by atoms with E-state index in [2.05, 4.69) is 20.2 Å². The minimum atomic E-state index is 0.0870. The Hall–Kier alpha value is -1.69. The SMILES string of the molecule is COCCNC(=O)C1CCN(c2nc(C)cc(C)n2)CC1. The molecule has 0 radical (unpaired) electrons. The summed E-state index contributed by atoms with van der Waals surface area (Å²) in [6.07, 6.45) is 1.68. The molecule has 1 saturated heterocycles. The summed E-state index contributed by atoms with van der Waals surface area (Å²) in [4.78, 5) is 23.1. The lowest BCUT2D eigenvalue weighted by Crippen LogP contribution is -2.42. The smallest absolute Gasteiger partial charge is 0.225 e. The Balaban J connectivity index is 1.86. The van der Waals surface area contributed by atoms with E-state index in [-0.39, 0.29) is 11.8 Å². The first kappa shape index (κ1) is 15.7. The average molecular weight is 292 g/mol. The predicted molar refractivity (Wildman–Crippen MR) is 81.3 cm³/mol. The number of hydrogen-bond acceptors (Lipinski definition) is 5. The number of aromatic nitrogens is 2. The number of piperidine rings is 1. The molecule has 0 saturated carbocycles. The molecule has 1 N–H and O–H groups in total. The Bertz CT molecular complexity index is 464. The maximum Gasteiger partial charge on any atom is 0.225 e. The zero-order valence-electron chi connectivity index (χ0n) is 13.1. The van der Waals surface area contributed by atoms with Gasteiger partial charge in [0.15, 0.2) is 0 Å². The largest absolute Gasteiger partial charge is 0.383 e. The number of methoxy groups -OCH3 is 1. The molecule has 116 valence electrons. The molecule has 0 aromatic carbocycles. The Labute approximate surface area is 125 Å². The van der Waals surface area contributed by atoms with E-state index in [0.717, 1.165) is 43.3 Å². The van der Waals surface area contributed by atoms with Gasteiger partial charge in [-0.1, -0.05) is 0 Å². The maximum atomic E-state index is 12.0. The summed E-state index contributed by atoms with van der Waals surface area (Å²) in [6, 6.07) is 1.97. The Morgan fingerprint density at radius 2 is 1.95 bits per heavy atom. The molecule has 2 heterocycles. The van der Waals surface area contributed by atoms with Crippen molar-refractivity contribution in [1.29, 1.82) is 0 Å². The maximum absolute atomic E-state index is 12.0. The monoisotopic (exact) mass is 292 g/mol. The molecule has 6 nitrogen and oxygen atoms in total. The van der Waals surface area contributed by atoms with Crippen LogP contribution in [-0.4, -0.2) is 49.2 Å². The second kappa shape index (κ2) is 7.36. The van der Waals surface area contributed by atoms with Crippen molar-refractivity contribution >= 4 is 11.9 Å². The fourth-order valence-electron chi connectivity index (χ4n) is 2.61. The average Bonchev–Trinajstić information content (AvgIpc) is 2.46. The van der Waals surface area contributed by atoms with Crippen LogP contribution in [0.25, 0.3) is 0 Å². The number of anilines is 1. The minimum Gasteiger partial charge on any atom is -0.383 e. The van der Waals surface area contributed by atoms with E-state index in [1.165, 1.54) is 0 Å². The van der Waals surface area contributed by atoms with Crippen LogP contribution < -0.4 is 10.2 Å². The normalized spacial score (nSPS) is 16.0. The Morgan fingerprint density at radius 1 is 1.33 bits per heavy atom. The van der Waals surface area contributed by atoms with E-state index in [1.807, 2.05) is 19.9 Å². The first-order valence-corrected chi connectivity index (χ1v) is 7.44. The number of amides is 1. The van der Waals surface area contributed by atoms with Crippen molar-refractivity contribution in [3.63, 3.8) is 0 Å². The van der Waals surface area contributed by atoms with E-state index in [0.29, 0.717) is 13.2 Å². The van der Waals surface area contributed by atoms with Crippen LogP contribution in [0, 0.1) is 19.8 Å². The number of carbonyl (C=O) groups is 1. The molecule has 1 amide bonds. The first-order valence-electron chi connectivity index (χ1n) is 7.44. The van der Waals surface area contributed by atoms with Crippen LogP contribution in [0.2, 0.25) is 0 Å². The quantitative estimate of drug-likeness (QED) is 0.822. The number of rotatable bonds is 5. The molecule has 1 aliphatic heterocycles. The van der Waals surface area contributed by atoms with Crippen LogP contribution in [0.3, 0.4) is 0 Å². The molecule has 1 aromatic heterocycles. The van der Waals surface area contributed by atoms with Crippen LogP contribution in [-0.2, 0) is 9.53 Å². The topological polar surface area (TPSA) is 67.3 Å². The molecule has 0 aliphatic carbocycles. The van der Waals surface area contributed by atoms with Crippen LogP contribution >= 0.6 is 0 Å². The van der Waals surface area contributed by atoms with E-state index in [9.17, 15) is 4.79 Å². The predicted octanol–water partition coefficient (Wildman–Crippen LogP) is 1.07. The van der Waals surface area contributed by atoms with Crippen LogP contribution in [0.5, 0.6) is 0 Å². The van der Waals surface area contributed by atoms with Gasteiger partial charge in [0.25, 0.3) is 0 Å². The number of aryl methyl sites for hydroxylation is 2. The lowest BCUT2D eigenvalue weighted by Gasteiger charge is -2.31. The summed E-state index contributed by atoms with van der Waals surface area (Å²) in [5, 5.41) is 2.91. The standard InChI is InChI=1S/C15H24N4O2/c1-11-10-12(2)18-15(17-11)19-7-4-13(5-8-19)14(20)16-6-9-21-3/h10,13H,4-9H2,1-3H3,(H,16,20). The molecule has 21 heavy (non-hydrogen) atoms. The lowest BCUT2D eigenvalue weighted by molar-refractivity contribution is -0.125. The highest BCUT2D eigenvalue weighted by Gasteiger charge is 2.26. The zero-order chi connectivity index (χ0) is 15.2. The van der Waals surface area contributed by atoms with E-state index < -0.39 is 0 Å². The van der Waals surface area contributed by atoms with Gasteiger partial charge in [-0.25, -0.2) is 9.97 Å². The van der Waals surface area contributed by atoms with E-state index >= 15 is 0 Å². The van der Waals surface area contributed by atoms with Crippen LogP contribution in [0.15, 0.2) is 6.07 Å². The fraction of sp³-hybridized carbons (Fsp3) is 0.667. The molecular weight excluding hydrogens is 268 g/mol. The summed E-state index contributed by atoms with van der Waals surface area (Å²) in [6.45, 7) is 6.75. The Kier molecular flexibility index (Phi) is 5.50. The van der Waals surface area contributed by atoms with Gasteiger partial charge < -0.3 is 15.0 Å². The summed E-state index contributed by atoms with van der Waals surface area (Å²) < 4.78 is 4.94. The van der Waals surface area contributed by atoms with E-state index in [1.54, 1.807) is 7.11 Å². The van der Waals surface area contributed by atoms with Gasteiger partial charge in [-0.15, -0.1) is 0 Å². The third-order valence-corrected chi connectivity index (χ3v) is 3.72. The van der Waals surface area contributed by atoms with Gasteiger partial charge in [0.05, 0.1) is 6.61 Å². The number of carbonyl (C=O) groups excluding carboxylic acids is 1. The summed E-state index contributed by atoms with van der Waals surface area (Å²) in [5.74, 6) is 1.00. The first-order chi connectivity index (χ1) is 10.1. The summed E-state index contributed by atoms with van der Waals surface area (Å²) in [7, 11) is 1.63. The summed E-state index contributed by atoms with van der Waals surface area (Å²) >= 11 is 0. The van der Waals surface area contributed by atoms with Gasteiger partial charge in [0.2, 0.25) is 11.9 Å². The Morgan fingerprint density at radius 3 is 2.52 bits per heavy atom. The lowest BCUT2D eigenvalue weighted by atomic mass is 9.96. The molecule has 2 rings (SSSR count). The van der Waals surface area contributed by atoms with Gasteiger partial charge in [-0.05, 0) is 32.8 Å². The fourth-order valence-corrected chi connectivity index (χ4v) is 2.61. The van der Waals surface area contributed by atoms with Crippen LogP contribution in [0.4, 0.5) is 5.95 Å². The van der Waals surface area contributed by atoms with Crippen molar-refractivity contribution < 1.29 is 9.53 Å². The molecule has 6 heteroatoms. The number of ether oxygens (including phenoxy) is 1. The van der Waals surface area contributed by atoms with Gasteiger partial charge >= 0.3 is 0 Å². The molecule has 1 fully saturated rings. The van der Waals surface area contributed by atoms with E-state index in [4.69, 9.17) is 4.74 Å². The second-order valence-electron chi connectivity index (χ2n) is 5.50. The number of hydrogen-bond donors (Lipinski definition) is 1. The highest BCUT2D eigenvalue weighted by Crippen LogP contribution is 2.21. The minimum absolute atomic E-state index is 0.0870. The molecule has 0 spiro atoms. The molecule has 1 aliphatic rings. The molecule has 0 atom stereocenters. The van der Waals surface area contributed by atoms with Gasteiger partial charge in [0, 0.05) is 44.0 Å². The second-order valence-corrected chi connectivity index (χ2v) is 5.50. The number of nitrogens with one attached hydrogen (secondary N) is 1. The third-order valence-electron chi connectivity index (χ3n) is 3.72. The highest BCUT2D eigenvalue weighted by molar-refractivity contribution is 5.78. The van der Waals surface area contributed by atoms with Crippen molar-refractivity contribution in [3.05, 3.63) is 17.5 Å². The highest BCUT2D eigenvalue weighted by atomic mass is 16.5. The van der Waals surface area contributed by atoms with Crippen LogP contribution in [0.1, 0.15) is 24.2 Å². The van der Waals surface area contributed by atoms with Crippen molar-refractivity contribution in [2.45, 2.75) is 26.7 Å². The molecular formula is C15H24N4O2. The van der Waals surface area contributed by atoms with Crippen molar-refractivity contribution in [2.75, 3.05) is 38.3 Å². The van der Waals surface area contributed by atoms with Gasteiger partial charge in [0.1, 0.15) is 0 Å². The van der Waals surface area contributed by atoms with Crippen molar-refractivity contribution in [2.24, 2.45) is 5.92 Å². The van der Waals surface area contributed by atoms with Gasteiger partial charge in [-0.3, -0.25) is 4.79 Å². The zero-order valence-corrected chi connectivity index (χ0v) is 13.1. The van der Waals surface area contributed by atoms with Crippen molar-refractivity contribution in [3.8, 4) is 0 Å². The number of nitrogens with zero attached hydrogens (tertiary/aromatic N) is 3. The summed E-state index contributed by atoms with van der Waals surface area (Å²) in [5.41, 5.74) is 1.97. The molecule has 1 aromatic rings.